The maximum Gasteiger partial charge on any atom is 0.350 e. The van der Waals surface area contributed by atoms with Crippen LogP contribution in [0.5, 0.6) is 0 Å². The fourth-order valence-electron chi connectivity index (χ4n) is 2.81. The molecule has 9 heteroatoms. The maximum absolute atomic E-state index is 12.0. The number of thiazole rings is 1. The number of rotatable bonds is 10. The number of unbranched alkanes of at least 4 members (excludes halogenated alkanes) is 1. The largest absolute Gasteiger partial charge is 0.462 e. The zero-order valence-corrected chi connectivity index (χ0v) is 18.9. The first-order chi connectivity index (χ1) is 14.5. The van der Waals surface area contributed by atoms with Gasteiger partial charge in [-0.3, -0.25) is 9.79 Å². The van der Waals surface area contributed by atoms with Crippen LogP contribution < -0.4 is 16.2 Å². The number of hydrogen-bond acceptors (Lipinski definition) is 6. The Kier molecular flexibility index (Phi) is 9.53. The van der Waals surface area contributed by atoms with Crippen molar-refractivity contribution in [2.75, 3.05) is 19.7 Å². The predicted molar refractivity (Wildman–Crippen MR) is 120 cm³/mol. The number of guanidine groups is 1. The highest BCUT2D eigenvalue weighted by molar-refractivity contribution is 7.13. The lowest BCUT2D eigenvalue weighted by Crippen LogP contribution is -2.38. The smallest absolute Gasteiger partial charge is 0.350 e. The van der Waals surface area contributed by atoms with Gasteiger partial charge in [-0.2, -0.15) is 0 Å². The van der Waals surface area contributed by atoms with Gasteiger partial charge >= 0.3 is 5.97 Å². The van der Waals surface area contributed by atoms with Crippen LogP contribution in [0.2, 0.25) is 0 Å². The van der Waals surface area contributed by atoms with Crippen LogP contribution in [0.25, 0.3) is 0 Å². The monoisotopic (exact) mass is 433 g/mol. The molecule has 30 heavy (non-hydrogen) atoms. The Hall–Kier alpha value is -2.68. The normalized spacial score (nSPS) is 12.5. The molecule has 0 fully saturated rings. The van der Waals surface area contributed by atoms with E-state index in [1.165, 1.54) is 11.3 Å². The third-order valence-electron chi connectivity index (χ3n) is 4.32. The van der Waals surface area contributed by atoms with Crippen molar-refractivity contribution in [2.24, 2.45) is 4.99 Å². The molecule has 2 aromatic rings. The van der Waals surface area contributed by atoms with E-state index in [9.17, 15) is 9.59 Å². The molecule has 1 atom stereocenters. The standard InChI is InChI=1S/C21H31N5O3S/c1-5-22-21(23-12-8-10-14-26-13-9-7-11-17(26)27)25-16(4)19-24-15(3)18(30-19)20(28)29-6-2/h7,9,11,13,16H,5-6,8,10,12,14H2,1-4H3,(H2,22,23,25). The summed E-state index contributed by atoms with van der Waals surface area (Å²) in [4.78, 5) is 33.4. The van der Waals surface area contributed by atoms with Gasteiger partial charge in [0.15, 0.2) is 5.96 Å². The molecule has 0 aliphatic rings. The zero-order chi connectivity index (χ0) is 21.9. The molecule has 0 radical (unpaired) electrons. The molecule has 0 spiro atoms. The number of ether oxygens (including phenoxy) is 1. The van der Waals surface area contributed by atoms with E-state index in [-0.39, 0.29) is 17.6 Å². The van der Waals surface area contributed by atoms with Crippen LogP contribution in [0.15, 0.2) is 34.2 Å². The van der Waals surface area contributed by atoms with Crippen LogP contribution in [-0.2, 0) is 11.3 Å². The predicted octanol–water partition coefficient (Wildman–Crippen LogP) is 2.89. The second-order valence-electron chi connectivity index (χ2n) is 6.75. The summed E-state index contributed by atoms with van der Waals surface area (Å²) in [6.07, 6.45) is 3.55. The summed E-state index contributed by atoms with van der Waals surface area (Å²) in [6.45, 7) is 10.0. The lowest BCUT2D eigenvalue weighted by Gasteiger charge is -2.16. The lowest BCUT2D eigenvalue weighted by molar-refractivity contribution is 0.0531. The van der Waals surface area contributed by atoms with Crippen molar-refractivity contribution in [1.29, 1.82) is 0 Å². The van der Waals surface area contributed by atoms with Crippen molar-refractivity contribution < 1.29 is 9.53 Å². The number of aryl methyl sites for hydroxylation is 2. The van der Waals surface area contributed by atoms with Crippen LogP contribution in [0, 0.1) is 6.92 Å². The molecular formula is C21H31N5O3S. The number of carbonyl (C=O) groups is 1. The van der Waals surface area contributed by atoms with Gasteiger partial charge in [0.2, 0.25) is 5.56 Å². The van der Waals surface area contributed by atoms with Gasteiger partial charge in [0.05, 0.1) is 18.3 Å². The second-order valence-corrected chi connectivity index (χ2v) is 7.78. The summed E-state index contributed by atoms with van der Waals surface area (Å²) < 4.78 is 6.80. The van der Waals surface area contributed by atoms with E-state index in [2.05, 4.69) is 20.6 Å². The number of aromatic nitrogens is 2. The average Bonchev–Trinajstić information content (AvgIpc) is 3.11. The first-order valence-corrected chi connectivity index (χ1v) is 11.1. The highest BCUT2D eigenvalue weighted by Crippen LogP contribution is 2.24. The number of pyridine rings is 1. The summed E-state index contributed by atoms with van der Waals surface area (Å²) in [5.41, 5.74) is 0.700. The van der Waals surface area contributed by atoms with Crippen molar-refractivity contribution >= 4 is 23.3 Å². The van der Waals surface area contributed by atoms with E-state index in [0.717, 1.165) is 24.4 Å². The minimum absolute atomic E-state index is 0.0192. The molecule has 2 N–H and O–H groups in total. The van der Waals surface area contributed by atoms with Gasteiger partial charge in [-0.1, -0.05) is 6.07 Å². The number of esters is 1. The summed E-state index contributed by atoms with van der Waals surface area (Å²) in [5.74, 6) is 0.372. The molecule has 1 unspecified atom stereocenters. The minimum atomic E-state index is -0.330. The third-order valence-corrected chi connectivity index (χ3v) is 5.64. The molecule has 2 heterocycles. The molecule has 0 aliphatic heterocycles. The van der Waals surface area contributed by atoms with Gasteiger partial charge in [-0.05, 0) is 46.6 Å². The summed E-state index contributed by atoms with van der Waals surface area (Å²) >= 11 is 1.34. The molecule has 0 bridgehead atoms. The Labute approximate surface area is 181 Å². The van der Waals surface area contributed by atoms with Crippen LogP contribution in [0.3, 0.4) is 0 Å². The zero-order valence-electron chi connectivity index (χ0n) is 18.1. The second kappa shape index (κ2) is 12.1. The summed E-state index contributed by atoms with van der Waals surface area (Å²) in [6, 6.07) is 5.08. The Morgan fingerprint density at radius 3 is 2.83 bits per heavy atom. The minimum Gasteiger partial charge on any atom is -0.462 e. The number of aliphatic imine (C=N–C) groups is 1. The van der Waals surface area contributed by atoms with Gasteiger partial charge in [0.1, 0.15) is 9.88 Å². The van der Waals surface area contributed by atoms with Crippen molar-refractivity contribution in [3.63, 3.8) is 0 Å². The SMILES string of the molecule is CCNC(=NCCCCn1ccccc1=O)NC(C)c1nc(C)c(C(=O)OCC)s1. The van der Waals surface area contributed by atoms with E-state index < -0.39 is 0 Å². The molecule has 0 saturated carbocycles. The summed E-state index contributed by atoms with van der Waals surface area (Å²) in [5, 5.41) is 7.39. The molecule has 0 aromatic carbocycles. The van der Waals surface area contributed by atoms with Gasteiger partial charge in [-0.15, -0.1) is 11.3 Å². The van der Waals surface area contributed by atoms with Gasteiger partial charge in [0, 0.05) is 31.9 Å². The number of hydrogen-bond donors (Lipinski definition) is 2. The number of carbonyl (C=O) groups excluding carboxylic acids is 1. The van der Waals surface area contributed by atoms with Crippen LogP contribution in [-0.4, -0.2) is 41.2 Å². The fraction of sp³-hybridized carbons (Fsp3) is 0.524. The Bertz CT molecular complexity index is 906. The molecule has 0 saturated heterocycles. The molecule has 0 amide bonds. The molecule has 0 aliphatic carbocycles. The van der Waals surface area contributed by atoms with Gasteiger partial charge < -0.3 is 19.9 Å². The van der Waals surface area contributed by atoms with Gasteiger partial charge in [0.25, 0.3) is 0 Å². The maximum atomic E-state index is 12.0. The molecule has 2 aromatic heterocycles. The van der Waals surface area contributed by atoms with E-state index in [1.54, 1.807) is 29.8 Å². The summed E-state index contributed by atoms with van der Waals surface area (Å²) in [7, 11) is 0. The van der Waals surface area contributed by atoms with E-state index in [0.29, 0.717) is 36.2 Å². The average molecular weight is 434 g/mol. The van der Waals surface area contributed by atoms with Crippen molar-refractivity contribution in [3.05, 3.63) is 50.3 Å². The van der Waals surface area contributed by atoms with Crippen molar-refractivity contribution in [2.45, 2.75) is 53.1 Å². The first kappa shape index (κ1) is 23.6. The Morgan fingerprint density at radius 1 is 1.33 bits per heavy atom. The number of nitrogens with zero attached hydrogens (tertiary/aromatic N) is 3. The first-order valence-electron chi connectivity index (χ1n) is 10.3. The number of nitrogens with one attached hydrogen (secondary N) is 2. The Balaban J connectivity index is 1.91. The van der Waals surface area contributed by atoms with E-state index >= 15 is 0 Å². The van der Waals surface area contributed by atoms with Gasteiger partial charge in [-0.25, -0.2) is 9.78 Å². The van der Waals surface area contributed by atoms with Crippen LogP contribution in [0.1, 0.15) is 60.0 Å². The van der Waals surface area contributed by atoms with Crippen molar-refractivity contribution in [3.8, 4) is 0 Å². The van der Waals surface area contributed by atoms with Crippen molar-refractivity contribution in [1.82, 2.24) is 20.2 Å². The van der Waals surface area contributed by atoms with Crippen LogP contribution >= 0.6 is 11.3 Å². The lowest BCUT2D eigenvalue weighted by atomic mass is 10.3. The van der Waals surface area contributed by atoms with E-state index in [1.807, 2.05) is 26.8 Å². The highest BCUT2D eigenvalue weighted by Gasteiger charge is 2.20. The Morgan fingerprint density at radius 2 is 2.13 bits per heavy atom. The van der Waals surface area contributed by atoms with Crippen LogP contribution in [0.4, 0.5) is 0 Å². The molecule has 2 rings (SSSR count). The topological polar surface area (TPSA) is 97.6 Å². The highest BCUT2D eigenvalue weighted by atomic mass is 32.1. The van der Waals surface area contributed by atoms with E-state index in [4.69, 9.17) is 4.74 Å². The third kappa shape index (κ3) is 6.98. The molecule has 164 valence electrons. The molecular weight excluding hydrogens is 402 g/mol. The quantitative estimate of drug-likeness (QED) is 0.259. The fourth-order valence-corrected chi connectivity index (χ4v) is 3.77. The molecule has 8 nitrogen and oxygen atoms in total.